The van der Waals surface area contributed by atoms with Gasteiger partial charge in [0.2, 0.25) is 0 Å². The summed E-state index contributed by atoms with van der Waals surface area (Å²) in [5.41, 5.74) is 1.67. The fourth-order valence-electron chi connectivity index (χ4n) is 2.02. The van der Waals surface area contributed by atoms with Crippen LogP contribution in [0.5, 0.6) is 0 Å². The van der Waals surface area contributed by atoms with Crippen molar-refractivity contribution in [3.8, 4) is 0 Å². The Balaban J connectivity index is 2.29. The van der Waals surface area contributed by atoms with Gasteiger partial charge >= 0.3 is 0 Å². The van der Waals surface area contributed by atoms with Crippen LogP contribution in [0.15, 0.2) is 46.9 Å². The highest BCUT2D eigenvalue weighted by Crippen LogP contribution is 2.30. The molecule has 1 atom stereocenters. The number of benzene rings is 2. The Hall–Kier alpha value is -0.570. The predicted octanol–water partition coefficient (Wildman–Crippen LogP) is 5.81. The quantitative estimate of drug-likeness (QED) is 0.603. The summed E-state index contributed by atoms with van der Waals surface area (Å²) in [6, 6.07) is 12.5. The minimum atomic E-state index is -0.244. The lowest BCUT2D eigenvalue weighted by molar-refractivity contribution is 0.598. The lowest BCUT2D eigenvalue weighted by Crippen LogP contribution is -2.07. The average molecular weight is 362 g/mol. The van der Waals surface area contributed by atoms with E-state index in [0.29, 0.717) is 22.9 Å². The summed E-state index contributed by atoms with van der Waals surface area (Å²) in [6.07, 6.45) is 0.526. The molecule has 0 nitrogen and oxygen atoms in total. The SMILES string of the molecule is Fc1ccc(Cl)cc1CC(CCl)c1ccccc1Br. The molecule has 0 radical (unpaired) electrons. The van der Waals surface area contributed by atoms with Gasteiger partial charge in [0, 0.05) is 21.3 Å². The first-order valence-corrected chi connectivity index (χ1v) is 7.56. The summed E-state index contributed by atoms with van der Waals surface area (Å²) in [5, 5.41) is 0.539. The van der Waals surface area contributed by atoms with Crippen molar-refractivity contribution in [2.45, 2.75) is 12.3 Å². The molecule has 2 aromatic rings. The van der Waals surface area contributed by atoms with Gasteiger partial charge < -0.3 is 0 Å². The second kappa shape index (κ2) is 6.74. The molecule has 0 bridgehead atoms. The van der Waals surface area contributed by atoms with E-state index in [2.05, 4.69) is 15.9 Å². The van der Waals surface area contributed by atoms with Crippen LogP contribution in [0.4, 0.5) is 4.39 Å². The zero-order valence-corrected chi connectivity index (χ0v) is 13.1. The summed E-state index contributed by atoms with van der Waals surface area (Å²) in [7, 11) is 0. The third-order valence-electron chi connectivity index (χ3n) is 3.01. The molecule has 0 aromatic heterocycles. The van der Waals surface area contributed by atoms with E-state index in [1.165, 1.54) is 6.07 Å². The molecule has 0 heterocycles. The Labute approximate surface area is 130 Å². The maximum Gasteiger partial charge on any atom is 0.126 e. The molecule has 0 saturated carbocycles. The molecule has 0 spiro atoms. The first-order chi connectivity index (χ1) is 9.11. The lowest BCUT2D eigenvalue weighted by Gasteiger charge is -2.16. The third kappa shape index (κ3) is 3.71. The van der Waals surface area contributed by atoms with E-state index in [1.54, 1.807) is 12.1 Å². The van der Waals surface area contributed by atoms with Crippen LogP contribution in [-0.2, 0) is 6.42 Å². The summed E-state index contributed by atoms with van der Waals surface area (Å²) < 4.78 is 14.8. The maximum atomic E-state index is 13.8. The molecular weight excluding hydrogens is 350 g/mol. The van der Waals surface area contributed by atoms with Crippen LogP contribution >= 0.6 is 39.1 Å². The second-order valence-corrected chi connectivity index (χ2v) is 5.91. The molecule has 0 amide bonds. The minimum absolute atomic E-state index is 0.0465. The van der Waals surface area contributed by atoms with Crippen molar-refractivity contribution in [1.29, 1.82) is 0 Å². The van der Waals surface area contributed by atoms with Gasteiger partial charge in [0.25, 0.3) is 0 Å². The Kier molecular flexibility index (Phi) is 5.26. The Morgan fingerprint density at radius 2 is 1.89 bits per heavy atom. The summed E-state index contributed by atoms with van der Waals surface area (Å²) in [6.45, 7) is 0. The summed E-state index contributed by atoms with van der Waals surface area (Å²) >= 11 is 15.5. The molecule has 1 unspecified atom stereocenters. The average Bonchev–Trinajstić information content (AvgIpc) is 2.41. The highest BCUT2D eigenvalue weighted by Gasteiger charge is 2.16. The summed E-state index contributed by atoms with van der Waals surface area (Å²) in [5.74, 6) is 0.228. The molecule has 2 rings (SSSR count). The molecule has 0 saturated heterocycles. The van der Waals surface area contributed by atoms with E-state index < -0.39 is 0 Å². The maximum absolute atomic E-state index is 13.8. The van der Waals surface area contributed by atoms with Crippen molar-refractivity contribution >= 4 is 39.1 Å². The van der Waals surface area contributed by atoms with Gasteiger partial charge in [0.05, 0.1) is 0 Å². The zero-order valence-electron chi connectivity index (χ0n) is 10.0. The van der Waals surface area contributed by atoms with Crippen molar-refractivity contribution < 1.29 is 4.39 Å². The first-order valence-electron chi connectivity index (χ1n) is 5.86. The van der Waals surface area contributed by atoms with E-state index in [1.807, 2.05) is 24.3 Å². The van der Waals surface area contributed by atoms with Crippen LogP contribution in [0, 0.1) is 5.82 Å². The third-order valence-corrected chi connectivity index (χ3v) is 4.34. The van der Waals surface area contributed by atoms with E-state index in [4.69, 9.17) is 23.2 Å². The topological polar surface area (TPSA) is 0 Å². The Morgan fingerprint density at radius 1 is 1.16 bits per heavy atom. The Morgan fingerprint density at radius 3 is 2.58 bits per heavy atom. The van der Waals surface area contributed by atoms with Crippen molar-refractivity contribution in [3.05, 3.63) is 68.9 Å². The van der Waals surface area contributed by atoms with Gasteiger partial charge in [-0.25, -0.2) is 4.39 Å². The molecule has 0 aliphatic rings. The number of alkyl halides is 1. The van der Waals surface area contributed by atoms with Gasteiger partial charge in [-0.3, -0.25) is 0 Å². The van der Waals surface area contributed by atoms with Gasteiger partial charge in [0.15, 0.2) is 0 Å². The van der Waals surface area contributed by atoms with E-state index in [0.717, 1.165) is 10.0 Å². The van der Waals surface area contributed by atoms with Crippen molar-refractivity contribution in [1.82, 2.24) is 0 Å². The normalized spacial score (nSPS) is 12.4. The second-order valence-electron chi connectivity index (χ2n) is 4.31. The van der Waals surface area contributed by atoms with E-state index in [-0.39, 0.29) is 11.7 Å². The van der Waals surface area contributed by atoms with E-state index >= 15 is 0 Å². The molecule has 0 N–H and O–H groups in total. The number of halogens is 4. The van der Waals surface area contributed by atoms with Crippen LogP contribution < -0.4 is 0 Å². The predicted molar refractivity (Wildman–Crippen MR) is 82.7 cm³/mol. The van der Waals surface area contributed by atoms with Crippen molar-refractivity contribution in [3.63, 3.8) is 0 Å². The molecule has 4 heteroatoms. The molecule has 0 aliphatic carbocycles. The largest absolute Gasteiger partial charge is 0.207 e. The Bertz CT molecular complexity index is 572. The fourth-order valence-corrected chi connectivity index (χ4v) is 3.10. The van der Waals surface area contributed by atoms with Gasteiger partial charge in [-0.2, -0.15) is 0 Å². The monoisotopic (exact) mass is 360 g/mol. The standard InChI is InChI=1S/C15H12BrCl2F/c16-14-4-2-1-3-13(14)11(9-17)7-10-8-12(18)5-6-15(10)19/h1-6,8,11H,7,9H2. The van der Waals surface area contributed by atoms with E-state index in [9.17, 15) is 4.39 Å². The summed E-state index contributed by atoms with van der Waals surface area (Å²) in [4.78, 5) is 0. The molecule has 100 valence electrons. The smallest absolute Gasteiger partial charge is 0.126 e. The lowest BCUT2D eigenvalue weighted by atomic mass is 9.93. The van der Waals surface area contributed by atoms with Crippen LogP contribution in [0.3, 0.4) is 0 Å². The molecule has 19 heavy (non-hydrogen) atoms. The van der Waals surface area contributed by atoms with Gasteiger partial charge in [-0.05, 0) is 41.8 Å². The number of hydrogen-bond acceptors (Lipinski definition) is 0. The van der Waals surface area contributed by atoms with Crippen molar-refractivity contribution in [2.75, 3.05) is 5.88 Å². The molecular formula is C15H12BrCl2F. The number of rotatable bonds is 4. The van der Waals surface area contributed by atoms with Crippen molar-refractivity contribution in [2.24, 2.45) is 0 Å². The fraction of sp³-hybridized carbons (Fsp3) is 0.200. The molecule has 0 aliphatic heterocycles. The van der Waals surface area contributed by atoms with Gasteiger partial charge in [0.1, 0.15) is 5.82 Å². The van der Waals surface area contributed by atoms with Crippen LogP contribution in [-0.4, -0.2) is 5.88 Å². The number of hydrogen-bond donors (Lipinski definition) is 0. The van der Waals surface area contributed by atoms with Crippen LogP contribution in [0.1, 0.15) is 17.0 Å². The zero-order chi connectivity index (χ0) is 13.8. The first kappa shape index (κ1) is 14.8. The van der Waals surface area contributed by atoms with Gasteiger partial charge in [-0.1, -0.05) is 45.7 Å². The van der Waals surface area contributed by atoms with Crippen LogP contribution in [0.2, 0.25) is 5.02 Å². The molecule has 2 aromatic carbocycles. The van der Waals surface area contributed by atoms with Gasteiger partial charge in [-0.15, -0.1) is 11.6 Å². The minimum Gasteiger partial charge on any atom is -0.207 e. The molecule has 0 fully saturated rings. The van der Waals surface area contributed by atoms with Crippen LogP contribution in [0.25, 0.3) is 0 Å². The highest BCUT2D eigenvalue weighted by atomic mass is 79.9. The highest BCUT2D eigenvalue weighted by molar-refractivity contribution is 9.10.